The van der Waals surface area contributed by atoms with Crippen molar-refractivity contribution in [1.82, 2.24) is 4.98 Å². The third-order valence-corrected chi connectivity index (χ3v) is 2.90. The lowest BCUT2D eigenvalue weighted by Crippen LogP contribution is -2.03. The number of hydrogen-bond donors (Lipinski definition) is 0. The van der Waals surface area contributed by atoms with Crippen LogP contribution in [0.25, 0.3) is 10.1 Å². The predicted octanol–water partition coefficient (Wildman–Crippen LogP) is 4.65. The van der Waals surface area contributed by atoms with Crippen LogP contribution in [0.1, 0.15) is 25.0 Å². The summed E-state index contributed by atoms with van der Waals surface area (Å²) in [5.74, 6) is 0. The van der Waals surface area contributed by atoms with Crippen LogP contribution >= 0.6 is 11.3 Å². The van der Waals surface area contributed by atoms with E-state index in [1.165, 1.54) is 12.4 Å². The molecule has 0 aliphatic rings. The van der Waals surface area contributed by atoms with Crippen molar-refractivity contribution in [3.8, 4) is 0 Å². The molecule has 0 fully saturated rings. The minimum atomic E-state index is -4.27. The van der Waals surface area contributed by atoms with E-state index in [2.05, 4.69) is 4.98 Å². The zero-order valence-corrected chi connectivity index (χ0v) is 10.0. The average Bonchev–Trinajstić information content (AvgIpc) is 2.65. The number of aromatic nitrogens is 1. The monoisotopic (exact) mass is 247 g/mol. The summed E-state index contributed by atoms with van der Waals surface area (Å²) in [6, 6.07) is 0. The normalized spacial score (nSPS) is 11.1. The summed E-state index contributed by atoms with van der Waals surface area (Å²) < 4.78 is 38.1. The van der Waals surface area contributed by atoms with E-state index >= 15 is 0 Å². The number of hydrogen-bond acceptors (Lipinski definition) is 2. The van der Waals surface area contributed by atoms with Crippen molar-refractivity contribution in [3.05, 3.63) is 28.9 Å². The van der Waals surface area contributed by atoms with Crippen molar-refractivity contribution in [2.75, 3.05) is 0 Å². The Hall–Kier alpha value is -1.10. The van der Waals surface area contributed by atoms with Crippen LogP contribution < -0.4 is 0 Å². The maximum Gasteiger partial charge on any atom is 0.417 e. The van der Waals surface area contributed by atoms with Gasteiger partial charge in [0, 0.05) is 23.2 Å². The molecule has 0 N–H and O–H groups in total. The second kappa shape index (κ2) is 4.82. The van der Waals surface area contributed by atoms with Crippen molar-refractivity contribution in [2.24, 2.45) is 0 Å². The number of thiophene rings is 1. The lowest BCUT2D eigenvalue weighted by atomic mass is 10.1. The molecule has 5 heteroatoms. The molecule has 2 rings (SSSR count). The van der Waals surface area contributed by atoms with Gasteiger partial charge in [0.15, 0.2) is 0 Å². The molecule has 0 aliphatic heterocycles. The minimum Gasteiger partial charge on any atom is -0.263 e. The minimum absolute atomic E-state index is 0.275. The number of alkyl halides is 3. The highest BCUT2D eigenvalue weighted by Gasteiger charge is 2.34. The molecule has 2 aromatic rings. The molecule has 0 spiro atoms. The van der Waals surface area contributed by atoms with Gasteiger partial charge in [-0.15, -0.1) is 11.3 Å². The maximum absolute atomic E-state index is 12.5. The van der Waals surface area contributed by atoms with Crippen molar-refractivity contribution in [1.29, 1.82) is 0 Å². The first kappa shape index (κ1) is 13.0. The number of halogens is 3. The highest BCUT2D eigenvalue weighted by atomic mass is 32.1. The Labute approximate surface area is 95.9 Å². The van der Waals surface area contributed by atoms with E-state index in [0.29, 0.717) is 10.3 Å². The van der Waals surface area contributed by atoms with Gasteiger partial charge in [-0.25, -0.2) is 0 Å². The molecule has 0 unspecified atom stereocenters. The van der Waals surface area contributed by atoms with Gasteiger partial charge in [-0.05, 0) is 12.5 Å². The van der Waals surface area contributed by atoms with Crippen LogP contribution in [-0.2, 0) is 6.18 Å². The van der Waals surface area contributed by atoms with Crippen LogP contribution in [0, 0.1) is 6.92 Å². The molecule has 0 saturated carbocycles. The Morgan fingerprint density at radius 1 is 1.19 bits per heavy atom. The number of aryl methyl sites for hydroxylation is 1. The van der Waals surface area contributed by atoms with E-state index in [1.54, 1.807) is 6.92 Å². The quantitative estimate of drug-likeness (QED) is 0.660. The Bertz CT molecular complexity index is 474. The van der Waals surface area contributed by atoms with Crippen LogP contribution in [-0.4, -0.2) is 4.98 Å². The fourth-order valence-corrected chi connectivity index (χ4v) is 2.37. The molecular formula is C11H12F3NS. The summed E-state index contributed by atoms with van der Waals surface area (Å²) >= 11 is 1.07. The SMILES string of the molecule is CC.Cc1cncc2scc(C(F)(F)F)c12. The van der Waals surface area contributed by atoms with Crippen molar-refractivity contribution in [3.63, 3.8) is 0 Å². The van der Waals surface area contributed by atoms with E-state index < -0.39 is 11.7 Å². The van der Waals surface area contributed by atoms with Gasteiger partial charge < -0.3 is 0 Å². The summed E-state index contributed by atoms with van der Waals surface area (Å²) in [4.78, 5) is 3.85. The summed E-state index contributed by atoms with van der Waals surface area (Å²) in [7, 11) is 0. The molecule has 0 aliphatic carbocycles. The van der Waals surface area contributed by atoms with Crippen molar-refractivity contribution >= 4 is 21.4 Å². The summed E-state index contributed by atoms with van der Waals surface area (Å²) in [5, 5.41) is 1.41. The number of nitrogens with zero attached hydrogens (tertiary/aromatic N) is 1. The average molecular weight is 247 g/mol. The molecule has 0 bridgehead atoms. The van der Waals surface area contributed by atoms with E-state index in [0.717, 1.165) is 16.7 Å². The van der Waals surface area contributed by atoms with Crippen LogP contribution in [0.4, 0.5) is 13.2 Å². The molecule has 16 heavy (non-hydrogen) atoms. The van der Waals surface area contributed by atoms with E-state index in [4.69, 9.17) is 0 Å². The number of fused-ring (bicyclic) bond motifs is 1. The molecule has 0 amide bonds. The van der Waals surface area contributed by atoms with Crippen LogP contribution in [0.5, 0.6) is 0 Å². The van der Waals surface area contributed by atoms with E-state index in [9.17, 15) is 13.2 Å². The fraction of sp³-hybridized carbons (Fsp3) is 0.364. The third kappa shape index (κ3) is 2.35. The second-order valence-electron chi connectivity index (χ2n) is 2.98. The molecular weight excluding hydrogens is 235 g/mol. The molecule has 0 saturated heterocycles. The summed E-state index contributed by atoms with van der Waals surface area (Å²) in [6.45, 7) is 5.64. The highest BCUT2D eigenvalue weighted by Crippen LogP contribution is 2.39. The lowest BCUT2D eigenvalue weighted by Gasteiger charge is -2.05. The second-order valence-corrected chi connectivity index (χ2v) is 3.89. The zero-order chi connectivity index (χ0) is 12.3. The summed E-state index contributed by atoms with van der Waals surface area (Å²) in [6.07, 6.45) is -1.36. The zero-order valence-electron chi connectivity index (χ0n) is 9.22. The van der Waals surface area contributed by atoms with Gasteiger partial charge in [-0.3, -0.25) is 4.98 Å². The van der Waals surface area contributed by atoms with Crippen molar-refractivity contribution in [2.45, 2.75) is 26.9 Å². The molecule has 0 radical (unpaired) electrons. The Morgan fingerprint density at radius 3 is 2.38 bits per heavy atom. The number of pyridine rings is 1. The van der Waals surface area contributed by atoms with E-state index in [-0.39, 0.29) is 5.39 Å². The van der Waals surface area contributed by atoms with E-state index in [1.807, 2.05) is 13.8 Å². The van der Waals surface area contributed by atoms with Gasteiger partial charge in [0.2, 0.25) is 0 Å². The molecule has 2 heterocycles. The largest absolute Gasteiger partial charge is 0.417 e. The van der Waals surface area contributed by atoms with Gasteiger partial charge in [0.1, 0.15) is 0 Å². The molecule has 0 aromatic carbocycles. The first-order chi connectivity index (χ1) is 7.50. The predicted molar refractivity (Wildman–Crippen MR) is 60.7 cm³/mol. The Morgan fingerprint density at radius 2 is 1.81 bits per heavy atom. The first-order valence-electron chi connectivity index (χ1n) is 4.89. The smallest absolute Gasteiger partial charge is 0.263 e. The first-order valence-corrected chi connectivity index (χ1v) is 5.77. The third-order valence-electron chi connectivity index (χ3n) is 1.98. The maximum atomic E-state index is 12.5. The lowest BCUT2D eigenvalue weighted by molar-refractivity contribution is -0.136. The standard InChI is InChI=1S/C9H6F3NS.C2H6/c1-5-2-13-3-7-8(5)6(4-14-7)9(10,11)12;1-2/h2-4H,1H3;1-2H3. The van der Waals surface area contributed by atoms with Crippen LogP contribution in [0.15, 0.2) is 17.8 Å². The molecule has 88 valence electrons. The Kier molecular flexibility index (Phi) is 3.91. The molecule has 1 nitrogen and oxygen atoms in total. The Balaban J connectivity index is 0.000000606. The fourth-order valence-electron chi connectivity index (χ4n) is 1.36. The van der Waals surface area contributed by atoms with Gasteiger partial charge in [0.05, 0.1) is 10.3 Å². The van der Waals surface area contributed by atoms with Gasteiger partial charge in [-0.1, -0.05) is 13.8 Å². The van der Waals surface area contributed by atoms with Crippen LogP contribution in [0.2, 0.25) is 0 Å². The number of rotatable bonds is 0. The van der Waals surface area contributed by atoms with Gasteiger partial charge >= 0.3 is 6.18 Å². The van der Waals surface area contributed by atoms with Crippen LogP contribution in [0.3, 0.4) is 0 Å². The summed E-state index contributed by atoms with van der Waals surface area (Å²) in [5.41, 5.74) is 0.00785. The van der Waals surface area contributed by atoms with Crippen molar-refractivity contribution < 1.29 is 13.2 Å². The highest BCUT2D eigenvalue weighted by molar-refractivity contribution is 7.17. The van der Waals surface area contributed by atoms with Gasteiger partial charge in [-0.2, -0.15) is 13.2 Å². The van der Waals surface area contributed by atoms with Gasteiger partial charge in [0.25, 0.3) is 0 Å². The molecule has 0 atom stereocenters. The molecule has 2 aromatic heterocycles. The topological polar surface area (TPSA) is 12.9 Å².